The Morgan fingerprint density at radius 2 is 2.11 bits per heavy atom. The van der Waals surface area contributed by atoms with Gasteiger partial charge in [0, 0.05) is 25.7 Å². The molecule has 0 saturated carbocycles. The van der Waals surface area contributed by atoms with Gasteiger partial charge in [-0.05, 0) is 37.8 Å². The first-order chi connectivity index (χ1) is 8.43. The Morgan fingerprint density at radius 3 is 2.61 bits per heavy atom. The van der Waals surface area contributed by atoms with Crippen molar-refractivity contribution in [3.63, 3.8) is 0 Å². The molecule has 0 aromatic rings. The van der Waals surface area contributed by atoms with Crippen molar-refractivity contribution in [3.8, 4) is 0 Å². The zero-order valence-corrected chi connectivity index (χ0v) is 13.0. The van der Waals surface area contributed by atoms with Gasteiger partial charge in [-0.1, -0.05) is 27.7 Å². The zero-order valence-electron chi connectivity index (χ0n) is 13.0. The number of nitrogens with one attached hydrogen (secondary N) is 1. The fraction of sp³-hybridized carbons (Fsp3) is 1.00. The third-order valence-corrected chi connectivity index (χ3v) is 3.81. The number of rotatable bonds is 6. The highest BCUT2D eigenvalue weighted by Crippen LogP contribution is 2.21. The Bertz CT molecular complexity index is 219. The molecule has 2 unspecified atom stereocenters. The van der Waals surface area contributed by atoms with Gasteiger partial charge in [-0.2, -0.15) is 0 Å². The summed E-state index contributed by atoms with van der Waals surface area (Å²) in [5, 5.41) is 3.62. The predicted molar refractivity (Wildman–Crippen MR) is 78.0 cm³/mol. The highest BCUT2D eigenvalue weighted by molar-refractivity contribution is 4.83. The topological polar surface area (TPSA) is 24.5 Å². The Balaban J connectivity index is 2.37. The Kier molecular flexibility index (Phi) is 6.61. The van der Waals surface area contributed by atoms with E-state index in [1.54, 1.807) is 0 Å². The van der Waals surface area contributed by atoms with Crippen molar-refractivity contribution in [2.24, 2.45) is 11.3 Å². The minimum absolute atomic E-state index is 0.313. The van der Waals surface area contributed by atoms with Gasteiger partial charge in [0.2, 0.25) is 0 Å². The Morgan fingerprint density at radius 1 is 1.39 bits per heavy atom. The summed E-state index contributed by atoms with van der Waals surface area (Å²) in [5.74, 6) is 0.728. The van der Waals surface area contributed by atoms with Crippen LogP contribution in [-0.2, 0) is 4.74 Å². The first-order valence-corrected chi connectivity index (χ1v) is 7.43. The van der Waals surface area contributed by atoms with E-state index in [1.165, 1.54) is 12.8 Å². The molecule has 3 heteroatoms. The van der Waals surface area contributed by atoms with Gasteiger partial charge in [0.05, 0.1) is 6.61 Å². The lowest BCUT2D eigenvalue weighted by Crippen LogP contribution is -2.48. The van der Waals surface area contributed by atoms with Crippen molar-refractivity contribution in [3.05, 3.63) is 0 Å². The van der Waals surface area contributed by atoms with Crippen LogP contribution in [0.15, 0.2) is 0 Å². The van der Waals surface area contributed by atoms with Gasteiger partial charge in [0.15, 0.2) is 0 Å². The van der Waals surface area contributed by atoms with Crippen molar-refractivity contribution >= 4 is 0 Å². The molecule has 18 heavy (non-hydrogen) atoms. The molecule has 0 radical (unpaired) electrons. The van der Waals surface area contributed by atoms with Crippen LogP contribution in [0.2, 0.25) is 0 Å². The SMILES string of the molecule is CCNC(CN(C)CC1CCCOC1)C(C)(C)C. The molecule has 0 aromatic carbocycles. The normalized spacial score (nSPS) is 23.3. The van der Waals surface area contributed by atoms with Gasteiger partial charge in [-0.3, -0.25) is 0 Å². The van der Waals surface area contributed by atoms with Crippen molar-refractivity contribution in [2.75, 3.05) is 39.9 Å². The molecule has 1 rings (SSSR count). The van der Waals surface area contributed by atoms with E-state index in [0.717, 1.165) is 38.8 Å². The highest BCUT2D eigenvalue weighted by atomic mass is 16.5. The van der Waals surface area contributed by atoms with Crippen LogP contribution in [0.25, 0.3) is 0 Å². The van der Waals surface area contributed by atoms with E-state index in [0.29, 0.717) is 11.5 Å². The second-order valence-electron chi connectivity index (χ2n) is 6.78. The third-order valence-electron chi connectivity index (χ3n) is 3.81. The average molecular weight is 256 g/mol. The van der Waals surface area contributed by atoms with Crippen molar-refractivity contribution < 1.29 is 4.74 Å². The van der Waals surface area contributed by atoms with Crippen LogP contribution < -0.4 is 5.32 Å². The van der Waals surface area contributed by atoms with Crippen molar-refractivity contribution in [1.29, 1.82) is 0 Å². The molecule has 0 spiro atoms. The monoisotopic (exact) mass is 256 g/mol. The molecule has 1 aliphatic heterocycles. The first kappa shape index (κ1) is 15.9. The second-order valence-corrected chi connectivity index (χ2v) is 6.78. The molecule has 1 aliphatic rings. The molecular weight excluding hydrogens is 224 g/mol. The smallest absolute Gasteiger partial charge is 0.0506 e. The lowest BCUT2D eigenvalue weighted by molar-refractivity contribution is 0.0389. The molecule has 108 valence electrons. The van der Waals surface area contributed by atoms with Crippen LogP contribution in [0.3, 0.4) is 0 Å². The average Bonchev–Trinajstić information content (AvgIpc) is 2.28. The molecule has 0 bridgehead atoms. The largest absolute Gasteiger partial charge is 0.381 e. The van der Waals surface area contributed by atoms with Crippen LogP contribution in [0.5, 0.6) is 0 Å². The number of nitrogens with zero attached hydrogens (tertiary/aromatic N) is 1. The fourth-order valence-electron chi connectivity index (χ4n) is 2.67. The minimum atomic E-state index is 0.313. The first-order valence-electron chi connectivity index (χ1n) is 7.43. The van der Waals surface area contributed by atoms with Gasteiger partial charge in [-0.25, -0.2) is 0 Å². The van der Waals surface area contributed by atoms with E-state index in [-0.39, 0.29) is 0 Å². The van der Waals surface area contributed by atoms with Crippen LogP contribution in [0.1, 0.15) is 40.5 Å². The van der Waals surface area contributed by atoms with E-state index in [9.17, 15) is 0 Å². The maximum Gasteiger partial charge on any atom is 0.0506 e. The van der Waals surface area contributed by atoms with Crippen LogP contribution >= 0.6 is 0 Å². The number of hydrogen-bond donors (Lipinski definition) is 1. The number of ether oxygens (including phenoxy) is 1. The summed E-state index contributed by atoms with van der Waals surface area (Å²) >= 11 is 0. The number of hydrogen-bond acceptors (Lipinski definition) is 3. The van der Waals surface area contributed by atoms with E-state index < -0.39 is 0 Å². The summed E-state index contributed by atoms with van der Waals surface area (Å²) in [6.07, 6.45) is 2.56. The van der Waals surface area contributed by atoms with E-state index in [1.807, 2.05) is 0 Å². The molecule has 0 amide bonds. The van der Waals surface area contributed by atoms with Gasteiger partial charge >= 0.3 is 0 Å². The van der Waals surface area contributed by atoms with Crippen LogP contribution in [0.4, 0.5) is 0 Å². The fourth-order valence-corrected chi connectivity index (χ4v) is 2.67. The number of likely N-dealkylation sites (N-methyl/N-ethyl adjacent to an activating group) is 2. The summed E-state index contributed by atoms with van der Waals surface area (Å²) < 4.78 is 5.56. The van der Waals surface area contributed by atoms with Gasteiger partial charge in [0.1, 0.15) is 0 Å². The van der Waals surface area contributed by atoms with Crippen molar-refractivity contribution in [1.82, 2.24) is 10.2 Å². The molecule has 1 N–H and O–H groups in total. The maximum atomic E-state index is 5.56. The molecule has 2 atom stereocenters. The lowest BCUT2D eigenvalue weighted by atomic mass is 9.86. The minimum Gasteiger partial charge on any atom is -0.381 e. The molecule has 1 heterocycles. The second kappa shape index (κ2) is 7.46. The van der Waals surface area contributed by atoms with E-state index in [4.69, 9.17) is 4.74 Å². The van der Waals surface area contributed by atoms with Gasteiger partial charge in [-0.15, -0.1) is 0 Å². The van der Waals surface area contributed by atoms with Crippen molar-refractivity contribution in [2.45, 2.75) is 46.6 Å². The predicted octanol–water partition coefficient (Wildman–Crippen LogP) is 2.37. The Hall–Kier alpha value is -0.120. The van der Waals surface area contributed by atoms with Gasteiger partial charge < -0.3 is 15.0 Å². The molecule has 0 aromatic heterocycles. The Labute approximate surface area is 113 Å². The summed E-state index contributed by atoms with van der Waals surface area (Å²) in [5.41, 5.74) is 0.313. The maximum absolute atomic E-state index is 5.56. The van der Waals surface area contributed by atoms with Gasteiger partial charge in [0.25, 0.3) is 0 Å². The quantitative estimate of drug-likeness (QED) is 0.789. The van der Waals surface area contributed by atoms with E-state index >= 15 is 0 Å². The molecule has 1 saturated heterocycles. The highest BCUT2D eigenvalue weighted by Gasteiger charge is 2.26. The standard InChI is InChI=1S/C15H32N2O/c1-6-16-14(15(2,3)4)11-17(5)10-13-8-7-9-18-12-13/h13-14,16H,6-12H2,1-5H3. The summed E-state index contributed by atoms with van der Waals surface area (Å²) in [4.78, 5) is 2.47. The summed E-state index contributed by atoms with van der Waals surface area (Å²) in [7, 11) is 2.24. The van der Waals surface area contributed by atoms with Crippen LogP contribution in [0, 0.1) is 11.3 Å². The molecule has 1 fully saturated rings. The molecule has 3 nitrogen and oxygen atoms in total. The zero-order chi connectivity index (χ0) is 13.6. The third kappa shape index (κ3) is 5.68. The molecular formula is C15H32N2O. The molecule has 0 aliphatic carbocycles. The summed E-state index contributed by atoms with van der Waals surface area (Å²) in [6.45, 7) is 14.4. The van der Waals surface area contributed by atoms with Crippen LogP contribution in [-0.4, -0.2) is 50.8 Å². The summed E-state index contributed by atoms with van der Waals surface area (Å²) in [6, 6.07) is 0.553. The lowest BCUT2D eigenvalue weighted by Gasteiger charge is -2.36. The van der Waals surface area contributed by atoms with E-state index in [2.05, 4.69) is 45.0 Å².